The third-order valence-electron chi connectivity index (χ3n) is 2.18. The van der Waals surface area contributed by atoms with Crippen LogP contribution in [0, 0.1) is 0 Å². The van der Waals surface area contributed by atoms with Gasteiger partial charge in [0.15, 0.2) is 0 Å². The smallest absolute Gasteiger partial charge is 0.136 e. The van der Waals surface area contributed by atoms with Gasteiger partial charge in [0.25, 0.3) is 0 Å². The largest absolute Gasteiger partial charge is 0.497 e. The molecule has 0 fully saturated rings. The second-order valence-electron chi connectivity index (χ2n) is 3.16. The summed E-state index contributed by atoms with van der Waals surface area (Å²) in [6, 6.07) is 3.91. The number of nitrogens with one attached hydrogen (secondary N) is 1. The first-order chi connectivity index (χ1) is 7.22. The number of ether oxygens (including phenoxy) is 2. The third kappa shape index (κ3) is 3.11. The van der Waals surface area contributed by atoms with Gasteiger partial charge in [-0.25, -0.2) is 0 Å². The number of benzene rings is 1. The highest BCUT2D eigenvalue weighted by atomic mass is 79.9. The van der Waals surface area contributed by atoms with Crippen molar-refractivity contribution in [3.05, 3.63) is 22.2 Å². The van der Waals surface area contributed by atoms with Gasteiger partial charge in [0.05, 0.1) is 18.7 Å². The number of rotatable bonds is 5. The second kappa shape index (κ2) is 5.98. The summed E-state index contributed by atoms with van der Waals surface area (Å²) in [5, 5.41) is 3.11. The first-order valence-corrected chi connectivity index (χ1v) is 5.57. The molecule has 0 saturated carbocycles. The zero-order chi connectivity index (χ0) is 11.3. The van der Waals surface area contributed by atoms with Crippen LogP contribution in [0.5, 0.6) is 11.5 Å². The molecule has 0 aliphatic rings. The van der Waals surface area contributed by atoms with E-state index in [1.165, 1.54) is 0 Å². The Morgan fingerprint density at radius 3 is 2.53 bits per heavy atom. The predicted molar refractivity (Wildman–Crippen MR) is 64.9 cm³/mol. The molecular formula is C11H16BrNO2. The monoisotopic (exact) mass is 273 g/mol. The summed E-state index contributed by atoms with van der Waals surface area (Å²) in [5.74, 6) is 1.72. The van der Waals surface area contributed by atoms with E-state index >= 15 is 0 Å². The fraction of sp³-hybridized carbons (Fsp3) is 0.455. The number of halogens is 1. The molecule has 3 nitrogen and oxygen atoms in total. The van der Waals surface area contributed by atoms with Crippen LogP contribution in [0.1, 0.15) is 5.56 Å². The summed E-state index contributed by atoms with van der Waals surface area (Å²) < 4.78 is 11.5. The van der Waals surface area contributed by atoms with Crippen LogP contribution in [0.4, 0.5) is 0 Å². The van der Waals surface area contributed by atoms with E-state index in [2.05, 4.69) is 21.2 Å². The van der Waals surface area contributed by atoms with E-state index in [0.717, 1.165) is 34.5 Å². The predicted octanol–water partition coefficient (Wildman–Crippen LogP) is 2.23. The lowest BCUT2D eigenvalue weighted by molar-refractivity contribution is 0.396. The molecular weight excluding hydrogens is 258 g/mol. The van der Waals surface area contributed by atoms with Crippen molar-refractivity contribution >= 4 is 15.9 Å². The van der Waals surface area contributed by atoms with Gasteiger partial charge in [-0.3, -0.25) is 0 Å². The Balaban J connectivity index is 3.02. The molecule has 0 aromatic heterocycles. The highest BCUT2D eigenvalue weighted by Gasteiger charge is 2.09. The van der Waals surface area contributed by atoms with Crippen molar-refractivity contribution in [3.63, 3.8) is 0 Å². The Morgan fingerprint density at radius 1 is 1.27 bits per heavy atom. The van der Waals surface area contributed by atoms with Gasteiger partial charge in [-0.15, -0.1) is 0 Å². The van der Waals surface area contributed by atoms with Crippen LogP contribution >= 0.6 is 15.9 Å². The van der Waals surface area contributed by atoms with E-state index in [1.54, 1.807) is 14.2 Å². The van der Waals surface area contributed by atoms with Crippen molar-refractivity contribution < 1.29 is 9.47 Å². The van der Waals surface area contributed by atoms with E-state index in [1.807, 2.05) is 19.2 Å². The Hall–Kier alpha value is -0.740. The van der Waals surface area contributed by atoms with Gasteiger partial charge in [0.2, 0.25) is 0 Å². The second-order valence-corrected chi connectivity index (χ2v) is 4.01. The fourth-order valence-corrected chi connectivity index (χ4v) is 2.06. The highest BCUT2D eigenvalue weighted by Crippen LogP contribution is 2.33. The zero-order valence-electron chi connectivity index (χ0n) is 9.26. The molecule has 0 spiro atoms. The van der Waals surface area contributed by atoms with Crippen LogP contribution in [0.2, 0.25) is 0 Å². The van der Waals surface area contributed by atoms with Crippen LogP contribution in [-0.2, 0) is 6.42 Å². The standard InChI is InChI=1S/C11H16BrNO2/c1-13-5-4-8-6-9(14-2)7-10(12)11(8)15-3/h6-7,13H,4-5H2,1-3H3. The Bertz CT molecular complexity index is 329. The van der Waals surface area contributed by atoms with Crippen molar-refractivity contribution in [2.75, 3.05) is 27.8 Å². The van der Waals surface area contributed by atoms with Crippen LogP contribution < -0.4 is 14.8 Å². The maximum atomic E-state index is 5.34. The molecule has 1 aromatic carbocycles. The van der Waals surface area contributed by atoms with Crippen LogP contribution in [-0.4, -0.2) is 27.8 Å². The fourth-order valence-electron chi connectivity index (χ4n) is 1.41. The van der Waals surface area contributed by atoms with Crippen molar-refractivity contribution in [3.8, 4) is 11.5 Å². The lowest BCUT2D eigenvalue weighted by Crippen LogP contribution is -2.11. The third-order valence-corrected chi connectivity index (χ3v) is 2.77. The molecule has 0 atom stereocenters. The number of likely N-dealkylation sites (N-methyl/N-ethyl adjacent to an activating group) is 1. The molecule has 0 amide bonds. The molecule has 1 rings (SSSR count). The van der Waals surface area contributed by atoms with Gasteiger partial charge < -0.3 is 14.8 Å². The average molecular weight is 274 g/mol. The maximum Gasteiger partial charge on any atom is 0.136 e. The quantitative estimate of drug-likeness (QED) is 0.893. The van der Waals surface area contributed by atoms with Crippen LogP contribution in [0.15, 0.2) is 16.6 Å². The van der Waals surface area contributed by atoms with Crippen molar-refractivity contribution in [1.82, 2.24) is 5.32 Å². The first-order valence-electron chi connectivity index (χ1n) is 4.78. The van der Waals surface area contributed by atoms with E-state index in [9.17, 15) is 0 Å². The summed E-state index contributed by atoms with van der Waals surface area (Å²) in [6.07, 6.45) is 0.912. The van der Waals surface area contributed by atoms with E-state index in [4.69, 9.17) is 9.47 Å². The van der Waals surface area contributed by atoms with Crippen molar-refractivity contribution in [2.45, 2.75) is 6.42 Å². The van der Waals surface area contributed by atoms with Gasteiger partial charge in [-0.2, -0.15) is 0 Å². The van der Waals surface area contributed by atoms with E-state index in [-0.39, 0.29) is 0 Å². The molecule has 0 bridgehead atoms. The summed E-state index contributed by atoms with van der Waals surface area (Å²) in [5.41, 5.74) is 1.14. The molecule has 15 heavy (non-hydrogen) atoms. The topological polar surface area (TPSA) is 30.5 Å². The molecule has 0 radical (unpaired) electrons. The Morgan fingerprint density at radius 2 is 2.00 bits per heavy atom. The Labute approximate surface area is 98.9 Å². The number of methoxy groups -OCH3 is 2. The molecule has 0 aliphatic heterocycles. The minimum Gasteiger partial charge on any atom is -0.497 e. The Kier molecular flexibility index (Phi) is 4.91. The molecule has 0 unspecified atom stereocenters. The minimum absolute atomic E-state index is 0.841. The maximum absolute atomic E-state index is 5.34. The summed E-state index contributed by atoms with van der Waals surface area (Å²) in [6.45, 7) is 0.913. The normalized spacial score (nSPS) is 10.1. The molecule has 1 N–H and O–H groups in total. The first kappa shape index (κ1) is 12.3. The molecule has 0 heterocycles. The van der Waals surface area contributed by atoms with Gasteiger partial charge in [0.1, 0.15) is 11.5 Å². The number of hydrogen-bond acceptors (Lipinski definition) is 3. The van der Waals surface area contributed by atoms with E-state index in [0.29, 0.717) is 0 Å². The van der Waals surface area contributed by atoms with Crippen LogP contribution in [0.3, 0.4) is 0 Å². The lowest BCUT2D eigenvalue weighted by atomic mass is 10.1. The van der Waals surface area contributed by atoms with Gasteiger partial charge in [-0.05, 0) is 48.1 Å². The summed E-state index contributed by atoms with van der Waals surface area (Å²) in [4.78, 5) is 0. The zero-order valence-corrected chi connectivity index (χ0v) is 10.8. The molecule has 0 aliphatic carbocycles. The minimum atomic E-state index is 0.841. The molecule has 0 saturated heterocycles. The van der Waals surface area contributed by atoms with Gasteiger partial charge in [0, 0.05) is 5.56 Å². The SMILES string of the molecule is CNCCc1cc(OC)cc(Br)c1OC. The van der Waals surface area contributed by atoms with Crippen LogP contribution in [0.25, 0.3) is 0 Å². The molecule has 4 heteroatoms. The molecule has 1 aromatic rings. The summed E-state index contributed by atoms with van der Waals surface area (Å²) in [7, 11) is 5.27. The number of hydrogen-bond donors (Lipinski definition) is 1. The average Bonchev–Trinajstić information content (AvgIpc) is 2.25. The summed E-state index contributed by atoms with van der Waals surface area (Å²) >= 11 is 3.47. The van der Waals surface area contributed by atoms with E-state index < -0.39 is 0 Å². The highest BCUT2D eigenvalue weighted by molar-refractivity contribution is 9.10. The van der Waals surface area contributed by atoms with Gasteiger partial charge in [-0.1, -0.05) is 0 Å². The lowest BCUT2D eigenvalue weighted by Gasteiger charge is -2.12. The van der Waals surface area contributed by atoms with Gasteiger partial charge >= 0.3 is 0 Å². The van der Waals surface area contributed by atoms with Crippen molar-refractivity contribution in [1.29, 1.82) is 0 Å². The van der Waals surface area contributed by atoms with Crippen molar-refractivity contribution in [2.24, 2.45) is 0 Å². The molecule has 84 valence electrons.